The molecular formula is C37H28N10O4S4. The maximum Gasteiger partial charge on any atom is 0.313 e. The third kappa shape index (κ3) is 9.43. The van der Waals surface area contributed by atoms with Crippen LogP contribution in [0.3, 0.4) is 0 Å². The van der Waals surface area contributed by atoms with Crippen molar-refractivity contribution in [1.29, 1.82) is 0 Å². The lowest BCUT2D eigenvalue weighted by atomic mass is 10.2. The predicted molar refractivity (Wildman–Crippen MR) is 218 cm³/mol. The van der Waals surface area contributed by atoms with Crippen molar-refractivity contribution in [2.24, 2.45) is 0 Å². The number of nitrogens with one attached hydrogen (secondary N) is 3. The third-order valence-electron chi connectivity index (χ3n) is 7.31. The molecule has 0 unspecified atom stereocenters. The van der Waals surface area contributed by atoms with Gasteiger partial charge in [-0.2, -0.15) is 16.3 Å². The second kappa shape index (κ2) is 16.8. The first kappa shape index (κ1) is 37.0. The van der Waals surface area contributed by atoms with Gasteiger partial charge in [-0.05, 0) is 68.1 Å². The van der Waals surface area contributed by atoms with E-state index >= 15 is 0 Å². The summed E-state index contributed by atoms with van der Waals surface area (Å²) in [4.78, 5) is 64.8. The zero-order valence-electron chi connectivity index (χ0n) is 29.1. The zero-order chi connectivity index (χ0) is 38.3. The highest BCUT2D eigenvalue weighted by Crippen LogP contribution is 2.28. The second-order valence-electron chi connectivity index (χ2n) is 11.6. The Kier molecular flexibility index (Phi) is 11.3. The van der Waals surface area contributed by atoms with Gasteiger partial charge in [0.05, 0.1) is 38.3 Å². The van der Waals surface area contributed by atoms with Crippen LogP contribution in [0.15, 0.2) is 101 Å². The number of amides is 3. The molecule has 8 aromatic heterocycles. The summed E-state index contributed by atoms with van der Waals surface area (Å²) in [6.45, 7) is 5.82. The quantitative estimate of drug-likeness (QED) is 0.146. The number of anilines is 3. The van der Waals surface area contributed by atoms with E-state index in [0.717, 1.165) is 42.1 Å². The van der Waals surface area contributed by atoms with E-state index in [2.05, 4.69) is 50.8 Å². The first-order chi connectivity index (χ1) is 26.7. The summed E-state index contributed by atoms with van der Waals surface area (Å²) in [5.41, 5.74) is 6.46. The predicted octanol–water partition coefficient (Wildman–Crippen LogP) is 8.81. The molecule has 1 aromatic carbocycles. The largest absolute Gasteiger partial charge is 0.441 e. The molecule has 0 aliphatic heterocycles. The standard InChI is InChI=1S/C14H11N3OS.C12H9N3OS2.C11H8N4O2S/c1-9-7-12-11(8-15-9)16-14(19-12)17-13(18)10-5-3-2-4-6-10;1-7-4-10-9(5-13-7)14-12(18-10)15-11(16)8-2-3-17-6-8;1-6-4-7-8(13-5-6)14-11(18-7)15-9(16)10-12-2-3-17-10/h2-8H,1H3,(H,16,17,18);2-6H,1H3,(H,14,15,16);2-5H,1H3,(H,13,14,15,16). The van der Waals surface area contributed by atoms with Gasteiger partial charge in [-0.25, -0.2) is 19.9 Å². The van der Waals surface area contributed by atoms with Crippen molar-refractivity contribution in [3.8, 4) is 0 Å². The Morgan fingerprint density at radius 1 is 0.618 bits per heavy atom. The van der Waals surface area contributed by atoms with Crippen LogP contribution in [-0.2, 0) is 0 Å². The highest BCUT2D eigenvalue weighted by atomic mass is 32.1. The molecule has 0 aliphatic rings. The molecule has 8 heterocycles. The van der Waals surface area contributed by atoms with Gasteiger partial charge >= 0.3 is 5.91 Å². The Hall–Kier alpha value is -6.34. The minimum absolute atomic E-state index is 0.0124. The highest BCUT2D eigenvalue weighted by molar-refractivity contribution is 7.23. The van der Waals surface area contributed by atoms with Crippen LogP contribution in [0, 0.1) is 20.8 Å². The minimum Gasteiger partial charge on any atom is -0.441 e. The van der Waals surface area contributed by atoms with E-state index in [1.54, 1.807) is 36.8 Å². The van der Waals surface area contributed by atoms with Crippen LogP contribution in [0.1, 0.15) is 48.4 Å². The van der Waals surface area contributed by atoms with E-state index in [4.69, 9.17) is 4.42 Å². The molecule has 9 rings (SSSR count). The summed E-state index contributed by atoms with van der Waals surface area (Å²) >= 11 is 5.77. The summed E-state index contributed by atoms with van der Waals surface area (Å²) in [7, 11) is 0. The Morgan fingerprint density at radius 2 is 1.22 bits per heavy atom. The van der Waals surface area contributed by atoms with Crippen molar-refractivity contribution >= 4 is 109 Å². The number of thiophene rings is 1. The highest BCUT2D eigenvalue weighted by Gasteiger charge is 2.14. The fraction of sp³-hybridized carbons (Fsp3) is 0.0811. The van der Waals surface area contributed by atoms with E-state index in [9.17, 15) is 14.4 Å². The third-order valence-corrected chi connectivity index (χ3v) is 10.8. The van der Waals surface area contributed by atoms with Gasteiger partial charge in [0.2, 0.25) is 0 Å². The van der Waals surface area contributed by atoms with Crippen LogP contribution in [0.4, 0.5) is 15.4 Å². The number of thiazole rings is 3. The normalized spacial score (nSPS) is 10.7. The molecule has 3 amide bonds. The maximum atomic E-state index is 12.0. The molecule has 0 saturated carbocycles. The van der Waals surface area contributed by atoms with Gasteiger partial charge in [0.25, 0.3) is 17.7 Å². The Bertz CT molecular complexity index is 2620. The molecule has 9 aromatic rings. The van der Waals surface area contributed by atoms with Crippen LogP contribution in [-0.4, -0.2) is 52.6 Å². The molecule has 0 fully saturated rings. The van der Waals surface area contributed by atoms with Gasteiger partial charge < -0.3 is 4.42 Å². The number of hydrogen-bond acceptors (Lipinski definition) is 15. The summed E-state index contributed by atoms with van der Waals surface area (Å²) in [5, 5.41) is 13.6. The number of oxazole rings is 1. The Balaban J connectivity index is 0.000000127. The van der Waals surface area contributed by atoms with Crippen molar-refractivity contribution < 1.29 is 18.8 Å². The zero-order valence-corrected chi connectivity index (χ0v) is 32.4. The molecule has 18 heteroatoms. The average Bonchev–Trinajstić information content (AvgIpc) is 4.02. The van der Waals surface area contributed by atoms with Gasteiger partial charge in [-0.1, -0.05) is 52.2 Å². The number of aromatic nitrogens is 7. The van der Waals surface area contributed by atoms with E-state index < -0.39 is 5.91 Å². The lowest BCUT2D eigenvalue weighted by Crippen LogP contribution is -2.11. The number of carbonyl (C=O) groups excluding carboxylic acids is 3. The first-order valence-corrected chi connectivity index (χ1v) is 19.7. The van der Waals surface area contributed by atoms with Crippen molar-refractivity contribution in [2.75, 3.05) is 16.0 Å². The molecule has 0 aliphatic carbocycles. The number of carbonyl (C=O) groups is 3. The Labute approximate surface area is 328 Å². The maximum absolute atomic E-state index is 12.0. The molecular weight excluding hydrogens is 777 g/mol. The molecule has 0 spiro atoms. The summed E-state index contributed by atoms with van der Waals surface area (Å²) in [6.07, 6.45) is 7.94. The van der Waals surface area contributed by atoms with Gasteiger partial charge in [-0.3, -0.25) is 40.3 Å². The average molecular weight is 805 g/mol. The van der Waals surface area contributed by atoms with Crippen molar-refractivity contribution in [3.63, 3.8) is 0 Å². The van der Waals surface area contributed by atoms with Crippen LogP contribution >= 0.6 is 45.3 Å². The lowest BCUT2D eigenvalue weighted by molar-refractivity contribution is 0.0987. The van der Waals surface area contributed by atoms with Crippen LogP contribution in [0.2, 0.25) is 0 Å². The van der Waals surface area contributed by atoms with Crippen molar-refractivity contribution in [3.05, 3.63) is 130 Å². The van der Waals surface area contributed by atoms with Gasteiger partial charge in [0, 0.05) is 28.5 Å². The van der Waals surface area contributed by atoms with Gasteiger partial charge in [0.15, 0.2) is 21.0 Å². The molecule has 0 bridgehead atoms. The van der Waals surface area contributed by atoms with E-state index in [1.165, 1.54) is 57.8 Å². The molecule has 274 valence electrons. The lowest BCUT2D eigenvalue weighted by Gasteiger charge is -2.00. The topological polar surface area (TPSA) is 191 Å². The van der Waals surface area contributed by atoms with Crippen molar-refractivity contribution in [1.82, 2.24) is 34.9 Å². The van der Waals surface area contributed by atoms with Gasteiger partial charge in [0.1, 0.15) is 17.3 Å². The fourth-order valence-electron chi connectivity index (χ4n) is 4.74. The van der Waals surface area contributed by atoms with Gasteiger partial charge in [-0.15, -0.1) is 0 Å². The number of hydrogen-bond donors (Lipinski definition) is 3. The van der Waals surface area contributed by atoms with Crippen LogP contribution in [0.5, 0.6) is 0 Å². The van der Waals surface area contributed by atoms with E-state index in [0.29, 0.717) is 32.2 Å². The second-order valence-corrected chi connectivity index (χ2v) is 15.4. The molecule has 55 heavy (non-hydrogen) atoms. The molecule has 0 saturated heterocycles. The number of pyridine rings is 3. The molecule has 3 N–H and O–H groups in total. The monoisotopic (exact) mass is 804 g/mol. The smallest absolute Gasteiger partial charge is 0.313 e. The summed E-state index contributed by atoms with van der Waals surface area (Å²) < 4.78 is 7.88. The number of aryl methyl sites for hydroxylation is 3. The van der Waals surface area contributed by atoms with Crippen LogP contribution in [0.25, 0.3) is 30.8 Å². The van der Waals surface area contributed by atoms with Crippen molar-refractivity contribution in [2.45, 2.75) is 20.8 Å². The summed E-state index contributed by atoms with van der Waals surface area (Å²) in [6, 6.07) is 16.8. The summed E-state index contributed by atoms with van der Waals surface area (Å²) in [5.74, 6) is -0.682. The van der Waals surface area contributed by atoms with Crippen LogP contribution < -0.4 is 16.0 Å². The number of benzene rings is 1. The molecule has 0 atom stereocenters. The Morgan fingerprint density at radius 3 is 1.82 bits per heavy atom. The number of fused-ring (bicyclic) bond motifs is 3. The van der Waals surface area contributed by atoms with E-state index in [-0.39, 0.29) is 17.7 Å². The molecule has 14 nitrogen and oxygen atoms in total. The van der Waals surface area contributed by atoms with E-state index in [1.807, 2.05) is 67.9 Å². The minimum atomic E-state index is -0.421. The molecule has 0 radical (unpaired) electrons. The number of rotatable bonds is 6. The number of nitrogens with zero attached hydrogens (tertiary/aromatic N) is 7. The SMILES string of the molecule is Cc1cc2sc(NC(=O)c3ccccc3)nc2cn1.Cc1cc2sc(NC(=O)c3ccsc3)nc2cn1.Cc1cnc2nc(NC(=O)c3ncco3)sc2c1. The first-order valence-electron chi connectivity index (χ1n) is 16.3. The fourth-order valence-corrected chi connectivity index (χ4v) is 8.16.